The maximum atomic E-state index is 12.3. The average molecular weight is 281 g/mol. The van der Waals surface area contributed by atoms with Gasteiger partial charge in [-0.05, 0) is 30.3 Å². The van der Waals surface area contributed by atoms with Crippen molar-refractivity contribution >= 4 is 17.3 Å². The number of non-ortho nitro benzene ring substituents is 1. The van der Waals surface area contributed by atoms with E-state index in [1.165, 1.54) is 29.2 Å². The van der Waals surface area contributed by atoms with Crippen LogP contribution in [0, 0.1) is 21.4 Å². The number of hydrogen-bond acceptors (Lipinski definition) is 4. The van der Waals surface area contributed by atoms with Crippen LogP contribution in [-0.2, 0) is 0 Å². The second-order valence-corrected chi connectivity index (χ2v) is 4.33. The molecule has 0 saturated heterocycles. The van der Waals surface area contributed by atoms with E-state index in [1.807, 2.05) is 6.07 Å². The summed E-state index contributed by atoms with van der Waals surface area (Å²) in [5.41, 5.74) is 1.20. The highest BCUT2D eigenvalue weighted by Crippen LogP contribution is 2.19. The summed E-state index contributed by atoms with van der Waals surface area (Å²) < 4.78 is 0. The smallest absolute Gasteiger partial charge is 0.270 e. The number of carbonyl (C=O) groups is 1. The van der Waals surface area contributed by atoms with Crippen LogP contribution in [0.25, 0.3) is 0 Å². The quantitative estimate of drug-likeness (QED) is 0.639. The molecule has 0 N–H and O–H groups in total. The van der Waals surface area contributed by atoms with Crippen molar-refractivity contribution in [2.45, 2.75) is 0 Å². The molecule has 2 aromatic carbocycles. The summed E-state index contributed by atoms with van der Waals surface area (Å²) >= 11 is 0. The molecule has 0 bridgehead atoms. The van der Waals surface area contributed by atoms with E-state index in [2.05, 4.69) is 0 Å². The molecular weight excluding hydrogens is 270 g/mol. The number of benzene rings is 2. The summed E-state index contributed by atoms with van der Waals surface area (Å²) in [6.07, 6.45) is 0. The lowest BCUT2D eigenvalue weighted by molar-refractivity contribution is -0.384. The first-order valence-corrected chi connectivity index (χ1v) is 6.05. The van der Waals surface area contributed by atoms with Crippen molar-refractivity contribution in [3.8, 4) is 6.07 Å². The van der Waals surface area contributed by atoms with Crippen LogP contribution in [-0.4, -0.2) is 17.9 Å². The Kier molecular flexibility index (Phi) is 3.95. The Bertz CT molecular complexity index is 733. The second kappa shape index (κ2) is 5.84. The minimum Gasteiger partial charge on any atom is -0.311 e. The Balaban J connectivity index is 2.28. The van der Waals surface area contributed by atoms with E-state index >= 15 is 0 Å². The van der Waals surface area contributed by atoms with E-state index in [0.29, 0.717) is 11.3 Å². The first-order chi connectivity index (χ1) is 10.0. The second-order valence-electron chi connectivity index (χ2n) is 4.33. The zero-order valence-corrected chi connectivity index (χ0v) is 11.2. The number of nitriles is 1. The lowest BCUT2D eigenvalue weighted by Gasteiger charge is -2.17. The molecule has 2 aromatic rings. The van der Waals surface area contributed by atoms with Gasteiger partial charge in [0.15, 0.2) is 0 Å². The molecule has 0 aliphatic rings. The van der Waals surface area contributed by atoms with Gasteiger partial charge in [-0.25, -0.2) is 0 Å². The van der Waals surface area contributed by atoms with E-state index < -0.39 is 4.92 Å². The zero-order chi connectivity index (χ0) is 15.4. The van der Waals surface area contributed by atoms with Crippen LogP contribution in [0.3, 0.4) is 0 Å². The zero-order valence-electron chi connectivity index (χ0n) is 11.2. The summed E-state index contributed by atoms with van der Waals surface area (Å²) in [7, 11) is 1.57. The van der Waals surface area contributed by atoms with Gasteiger partial charge in [-0.3, -0.25) is 14.9 Å². The number of rotatable bonds is 3. The lowest BCUT2D eigenvalue weighted by Crippen LogP contribution is -2.26. The van der Waals surface area contributed by atoms with Gasteiger partial charge >= 0.3 is 0 Å². The van der Waals surface area contributed by atoms with Gasteiger partial charge in [0.05, 0.1) is 16.6 Å². The van der Waals surface area contributed by atoms with Gasteiger partial charge in [0.25, 0.3) is 11.6 Å². The Labute approximate surface area is 121 Å². The van der Waals surface area contributed by atoms with Crippen molar-refractivity contribution < 1.29 is 9.72 Å². The number of anilines is 1. The molecule has 1 amide bonds. The lowest BCUT2D eigenvalue weighted by atomic mass is 10.1. The number of carbonyl (C=O) groups excluding carboxylic acids is 1. The van der Waals surface area contributed by atoms with Gasteiger partial charge in [-0.1, -0.05) is 6.07 Å². The number of nitrogens with zero attached hydrogens (tertiary/aromatic N) is 3. The number of nitro benzene ring substituents is 1. The number of hydrogen-bond donors (Lipinski definition) is 0. The molecule has 0 radical (unpaired) electrons. The van der Waals surface area contributed by atoms with Gasteiger partial charge in [0.2, 0.25) is 0 Å². The van der Waals surface area contributed by atoms with Crippen LogP contribution in [0.5, 0.6) is 0 Å². The summed E-state index contributed by atoms with van der Waals surface area (Å²) in [5.74, 6) is -0.358. The molecule has 0 aliphatic carbocycles. The maximum Gasteiger partial charge on any atom is 0.270 e. The number of nitro groups is 1. The molecule has 2 rings (SSSR count). The highest BCUT2D eigenvalue weighted by atomic mass is 16.6. The normalized spacial score (nSPS) is 9.71. The van der Waals surface area contributed by atoms with Crippen molar-refractivity contribution in [2.24, 2.45) is 0 Å². The van der Waals surface area contributed by atoms with E-state index in [9.17, 15) is 14.9 Å². The summed E-state index contributed by atoms with van der Waals surface area (Å²) in [5, 5.41) is 19.5. The predicted octanol–water partition coefficient (Wildman–Crippen LogP) is 2.74. The van der Waals surface area contributed by atoms with Crippen molar-refractivity contribution in [2.75, 3.05) is 11.9 Å². The molecule has 0 fully saturated rings. The summed E-state index contributed by atoms with van der Waals surface area (Å²) in [6.45, 7) is 0. The number of amides is 1. The fourth-order valence-electron chi connectivity index (χ4n) is 1.82. The Morgan fingerprint density at radius 2 is 1.90 bits per heavy atom. The maximum absolute atomic E-state index is 12.3. The predicted molar refractivity (Wildman–Crippen MR) is 77.0 cm³/mol. The monoisotopic (exact) mass is 281 g/mol. The molecule has 0 aromatic heterocycles. The molecule has 0 atom stereocenters. The first-order valence-electron chi connectivity index (χ1n) is 6.05. The third-order valence-corrected chi connectivity index (χ3v) is 2.99. The fraction of sp³-hybridized carbons (Fsp3) is 0.0667. The van der Waals surface area contributed by atoms with Crippen LogP contribution in [0.2, 0.25) is 0 Å². The molecule has 0 saturated carbocycles. The topological polar surface area (TPSA) is 87.2 Å². The van der Waals surface area contributed by atoms with E-state index in [1.54, 1.807) is 31.3 Å². The third kappa shape index (κ3) is 3.04. The van der Waals surface area contributed by atoms with E-state index in [0.717, 1.165) is 0 Å². The Morgan fingerprint density at radius 1 is 1.24 bits per heavy atom. The molecular formula is C15H11N3O3. The van der Waals surface area contributed by atoms with Gasteiger partial charge in [0, 0.05) is 30.4 Å². The highest BCUT2D eigenvalue weighted by molar-refractivity contribution is 6.06. The van der Waals surface area contributed by atoms with Crippen LogP contribution in [0.4, 0.5) is 11.4 Å². The molecule has 104 valence electrons. The fourth-order valence-corrected chi connectivity index (χ4v) is 1.82. The van der Waals surface area contributed by atoms with Gasteiger partial charge < -0.3 is 4.90 Å². The third-order valence-electron chi connectivity index (χ3n) is 2.99. The molecule has 6 heteroatoms. The Hall–Kier alpha value is -3.20. The van der Waals surface area contributed by atoms with Crippen LogP contribution in [0.15, 0.2) is 48.5 Å². The minimum atomic E-state index is -0.543. The standard InChI is InChI=1S/C15H11N3O3/c1-17(13-7-5-11(10-16)6-8-13)15(19)12-3-2-4-14(9-12)18(20)21/h2-9H,1H3. The Morgan fingerprint density at radius 3 is 2.48 bits per heavy atom. The van der Waals surface area contributed by atoms with Crippen molar-refractivity contribution in [1.29, 1.82) is 5.26 Å². The first kappa shape index (κ1) is 14.2. The molecule has 0 unspecified atom stereocenters. The molecule has 21 heavy (non-hydrogen) atoms. The largest absolute Gasteiger partial charge is 0.311 e. The molecule has 0 heterocycles. The van der Waals surface area contributed by atoms with Crippen LogP contribution in [0.1, 0.15) is 15.9 Å². The van der Waals surface area contributed by atoms with Crippen molar-refractivity contribution in [3.63, 3.8) is 0 Å². The summed E-state index contributed by atoms with van der Waals surface area (Å²) in [6, 6.07) is 14.1. The van der Waals surface area contributed by atoms with Gasteiger partial charge in [0.1, 0.15) is 0 Å². The van der Waals surface area contributed by atoms with Crippen LogP contribution < -0.4 is 4.90 Å². The molecule has 0 spiro atoms. The van der Waals surface area contributed by atoms with Crippen LogP contribution >= 0.6 is 0 Å². The van der Waals surface area contributed by atoms with E-state index in [-0.39, 0.29) is 17.2 Å². The summed E-state index contributed by atoms with van der Waals surface area (Å²) in [4.78, 5) is 23.9. The molecule has 6 nitrogen and oxygen atoms in total. The van der Waals surface area contributed by atoms with Gasteiger partial charge in [-0.15, -0.1) is 0 Å². The SMILES string of the molecule is CN(C(=O)c1cccc([N+](=O)[O-])c1)c1ccc(C#N)cc1. The van der Waals surface area contributed by atoms with Crippen molar-refractivity contribution in [3.05, 3.63) is 69.8 Å². The highest BCUT2D eigenvalue weighted by Gasteiger charge is 2.16. The van der Waals surface area contributed by atoms with Gasteiger partial charge in [-0.2, -0.15) is 5.26 Å². The average Bonchev–Trinajstić information content (AvgIpc) is 2.53. The van der Waals surface area contributed by atoms with E-state index in [4.69, 9.17) is 5.26 Å². The molecule has 0 aliphatic heterocycles. The van der Waals surface area contributed by atoms with Crippen molar-refractivity contribution in [1.82, 2.24) is 0 Å². The minimum absolute atomic E-state index is 0.130.